The van der Waals surface area contributed by atoms with Crippen LogP contribution in [0.25, 0.3) is 0 Å². The first kappa shape index (κ1) is 15.6. The van der Waals surface area contributed by atoms with Gasteiger partial charge in [0, 0.05) is 13.0 Å². The number of carbonyl (C=O) groups excluding carboxylic acids is 1. The number of esters is 1. The highest BCUT2D eigenvalue weighted by molar-refractivity contribution is 5.77. The Morgan fingerprint density at radius 1 is 1.33 bits per heavy atom. The molecule has 0 saturated carbocycles. The van der Waals surface area contributed by atoms with Gasteiger partial charge in [-0.25, -0.2) is 4.79 Å². The molecular weight excluding hydrogens is 270 g/mol. The van der Waals surface area contributed by atoms with E-state index in [2.05, 4.69) is 12.2 Å². The molecule has 5 nitrogen and oxygen atoms in total. The highest BCUT2D eigenvalue weighted by Gasteiger charge is 2.29. The number of nitrogens with one attached hydrogen (secondary N) is 1. The molecule has 21 heavy (non-hydrogen) atoms. The van der Waals surface area contributed by atoms with Crippen molar-refractivity contribution in [1.29, 1.82) is 0 Å². The van der Waals surface area contributed by atoms with Crippen LogP contribution in [0, 0.1) is 0 Å². The molecule has 1 fully saturated rings. The first-order valence-corrected chi connectivity index (χ1v) is 7.54. The highest BCUT2D eigenvalue weighted by Crippen LogP contribution is 2.30. The maximum absolute atomic E-state index is 11.5. The van der Waals surface area contributed by atoms with Gasteiger partial charge >= 0.3 is 5.97 Å². The quantitative estimate of drug-likeness (QED) is 0.588. The van der Waals surface area contributed by atoms with Crippen molar-refractivity contribution in [2.24, 2.45) is 0 Å². The average Bonchev–Trinajstić information content (AvgIpc) is 2.87. The van der Waals surface area contributed by atoms with E-state index in [9.17, 15) is 4.79 Å². The lowest BCUT2D eigenvalue weighted by Crippen LogP contribution is -2.22. The zero-order valence-electron chi connectivity index (χ0n) is 12.7. The fourth-order valence-electron chi connectivity index (χ4n) is 2.18. The van der Waals surface area contributed by atoms with Gasteiger partial charge in [0.2, 0.25) is 0 Å². The number of hydrogen-bond acceptors (Lipinski definition) is 5. The molecule has 0 radical (unpaired) electrons. The lowest BCUT2D eigenvalue weighted by atomic mass is 10.2. The first-order valence-electron chi connectivity index (χ1n) is 7.54. The van der Waals surface area contributed by atoms with Crippen LogP contribution >= 0.6 is 0 Å². The van der Waals surface area contributed by atoms with Crippen LogP contribution in [0.2, 0.25) is 0 Å². The third-order valence-electron chi connectivity index (χ3n) is 3.22. The molecule has 1 N–H and O–H groups in total. The fourth-order valence-corrected chi connectivity index (χ4v) is 2.18. The van der Waals surface area contributed by atoms with E-state index < -0.39 is 6.10 Å². The summed E-state index contributed by atoms with van der Waals surface area (Å²) in [5.74, 6) is 0.971. The summed E-state index contributed by atoms with van der Waals surface area (Å²) in [5, 5.41) is 3.35. The van der Waals surface area contributed by atoms with Crippen LogP contribution < -0.4 is 14.8 Å². The number of benzene rings is 1. The van der Waals surface area contributed by atoms with E-state index in [-0.39, 0.29) is 5.97 Å². The molecule has 0 aliphatic carbocycles. The lowest BCUT2D eigenvalue weighted by Gasteiger charge is -2.15. The minimum Gasteiger partial charge on any atom is -0.490 e. The van der Waals surface area contributed by atoms with Crippen LogP contribution in [0.4, 0.5) is 0 Å². The Labute approximate surface area is 125 Å². The topological polar surface area (TPSA) is 56.8 Å². The van der Waals surface area contributed by atoms with Crippen molar-refractivity contribution in [3.8, 4) is 11.5 Å². The van der Waals surface area contributed by atoms with Crippen LogP contribution in [-0.4, -0.2) is 31.8 Å². The van der Waals surface area contributed by atoms with Crippen molar-refractivity contribution < 1.29 is 19.0 Å². The maximum Gasteiger partial charge on any atom is 0.347 e. The molecule has 0 spiro atoms. The average molecular weight is 293 g/mol. The second-order valence-corrected chi connectivity index (χ2v) is 4.95. The van der Waals surface area contributed by atoms with Gasteiger partial charge in [-0.2, -0.15) is 0 Å². The Morgan fingerprint density at radius 3 is 2.86 bits per heavy atom. The molecule has 0 bridgehead atoms. The molecule has 1 atom stereocenters. The summed E-state index contributed by atoms with van der Waals surface area (Å²) >= 11 is 0. The minimum atomic E-state index is -0.520. The smallest absolute Gasteiger partial charge is 0.347 e. The Morgan fingerprint density at radius 2 is 2.19 bits per heavy atom. The summed E-state index contributed by atoms with van der Waals surface area (Å²) < 4.78 is 16.3. The van der Waals surface area contributed by atoms with E-state index in [0.717, 1.165) is 25.1 Å². The zero-order chi connectivity index (χ0) is 15.1. The third kappa shape index (κ3) is 4.36. The zero-order valence-corrected chi connectivity index (χ0v) is 12.7. The van der Waals surface area contributed by atoms with Crippen molar-refractivity contribution in [3.63, 3.8) is 0 Å². The Balaban J connectivity index is 2.06. The molecule has 1 saturated heterocycles. The lowest BCUT2D eigenvalue weighted by molar-refractivity contribution is -0.143. The van der Waals surface area contributed by atoms with Crippen LogP contribution in [0.1, 0.15) is 32.3 Å². The molecule has 5 heteroatoms. The summed E-state index contributed by atoms with van der Waals surface area (Å²) in [4.78, 5) is 11.5. The van der Waals surface area contributed by atoms with Crippen molar-refractivity contribution in [3.05, 3.63) is 23.8 Å². The van der Waals surface area contributed by atoms with Crippen LogP contribution in [0.3, 0.4) is 0 Å². The fraction of sp³-hybridized carbons (Fsp3) is 0.562. The SMILES string of the molecule is CCCNCc1ccc(OC2CCOC2=O)c(OCC)c1. The monoisotopic (exact) mass is 293 g/mol. The number of carbonyl (C=O) groups is 1. The molecule has 1 aromatic rings. The van der Waals surface area contributed by atoms with Gasteiger partial charge in [-0.05, 0) is 37.6 Å². The molecule has 2 rings (SSSR count). The summed E-state index contributed by atoms with van der Waals surface area (Å²) in [6.07, 6.45) is 1.17. The van der Waals surface area contributed by atoms with Gasteiger partial charge in [0.05, 0.1) is 13.2 Å². The van der Waals surface area contributed by atoms with Crippen molar-refractivity contribution in [2.45, 2.75) is 39.3 Å². The predicted molar refractivity (Wildman–Crippen MR) is 79.6 cm³/mol. The molecule has 0 aromatic heterocycles. The van der Waals surface area contributed by atoms with Gasteiger partial charge in [-0.1, -0.05) is 13.0 Å². The largest absolute Gasteiger partial charge is 0.490 e. The Bertz CT molecular complexity index is 475. The van der Waals surface area contributed by atoms with Crippen molar-refractivity contribution >= 4 is 5.97 Å². The minimum absolute atomic E-state index is 0.300. The van der Waals surface area contributed by atoms with Gasteiger partial charge in [0.1, 0.15) is 0 Å². The van der Waals surface area contributed by atoms with E-state index in [1.165, 1.54) is 0 Å². The highest BCUT2D eigenvalue weighted by atomic mass is 16.6. The van der Waals surface area contributed by atoms with E-state index in [1.54, 1.807) is 0 Å². The molecule has 1 aromatic carbocycles. The second kappa shape index (κ2) is 7.88. The molecule has 0 amide bonds. The van der Waals surface area contributed by atoms with Gasteiger partial charge in [-0.15, -0.1) is 0 Å². The predicted octanol–water partition coefficient (Wildman–Crippen LogP) is 2.28. The van der Waals surface area contributed by atoms with Crippen LogP contribution in [0.5, 0.6) is 11.5 Å². The van der Waals surface area contributed by atoms with Gasteiger partial charge in [0.25, 0.3) is 0 Å². The second-order valence-electron chi connectivity index (χ2n) is 4.95. The maximum atomic E-state index is 11.5. The molecule has 1 unspecified atom stereocenters. The van der Waals surface area contributed by atoms with E-state index >= 15 is 0 Å². The number of rotatable bonds is 8. The summed E-state index contributed by atoms with van der Waals surface area (Å²) in [5.41, 5.74) is 1.13. The molecule has 1 aliphatic heterocycles. The molecule has 1 heterocycles. The van der Waals surface area contributed by atoms with Crippen molar-refractivity contribution in [2.75, 3.05) is 19.8 Å². The van der Waals surface area contributed by atoms with Gasteiger partial charge in [-0.3, -0.25) is 0 Å². The third-order valence-corrected chi connectivity index (χ3v) is 3.22. The standard InChI is InChI=1S/C16H23NO4/c1-3-8-17-11-12-5-6-13(15(10-12)19-4-2)21-14-7-9-20-16(14)18/h5-6,10,14,17H,3-4,7-9,11H2,1-2H3. The van der Waals surface area contributed by atoms with Gasteiger partial charge in [0.15, 0.2) is 17.6 Å². The van der Waals surface area contributed by atoms with Gasteiger partial charge < -0.3 is 19.5 Å². The summed E-state index contributed by atoms with van der Waals surface area (Å²) in [6.45, 7) is 6.81. The normalized spacial score (nSPS) is 17.6. The molecular formula is C16H23NO4. The van der Waals surface area contributed by atoms with E-state index in [0.29, 0.717) is 31.1 Å². The summed E-state index contributed by atoms with van der Waals surface area (Å²) in [7, 11) is 0. The Kier molecular flexibility index (Phi) is 5.87. The molecule has 1 aliphatic rings. The van der Waals surface area contributed by atoms with E-state index in [4.69, 9.17) is 14.2 Å². The van der Waals surface area contributed by atoms with Crippen LogP contribution in [0.15, 0.2) is 18.2 Å². The molecule has 116 valence electrons. The summed E-state index contributed by atoms with van der Waals surface area (Å²) in [6, 6.07) is 5.81. The first-order chi connectivity index (χ1) is 10.2. The number of hydrogen-bond donors (Lipinski definition) is 1. The Hall–Kier alpha value is -1.75. The van der Waals surface area contributed by atoms with Crippen molar-refractivity contribution in [1.82, 2.24) is 5.32 Å². The van der Waals surface area contributed by atoms with E-state index in [1.807, 2.05) is 25.1 Å². The number of ether oxygens (including phenoxy) is 3. The van der Waals surface area contributed by atoms with Crippen LogP contribution in [-0.2, 0) is 16.1 Å². The number of cyclic esters (lactones) is 1.